The molecule has 0 aliphatic carbocycles. The van der Waals surface area contributed by atoms with Gasteiger partial charge in [0.05, 0.1) is 0 Å². The zero-order chi connectivity index (χ0) is 25.9. The molecule has 2 aliphatic rings. The van der Waals surface area contributed by atoms with E-state index in [0.717, 1.165) is 35.8 Å². The normalized spacial score (nSPS) is 16.8. The zero-order valence-corrected chi connectivity index (χ0v) is 20.8. The molecular weight excluding hydrogens is 470 g/mol. The molecule has 3 N–H and O–H groups in total. The average Bonchev–Trinajstić information content (AvgIpc) is 3.36. The number of nitrogens with one attached hydrogen (secondary N) is 1. The molecule has 1 saturated heterocycles. The number of rotatable bonds is 6. The Bertz CT molecular complexity index is 1310. The Hall–Kier alpha value is -4.20. The maximum absolute atomic E-state index is 13.7. The lowest BCUT2D eigenvalue weighted by Gasteiger charge is -2.32. The third-order valence-electron chi connectivity index (χ3n) is 7.07. The van der Waals surface area contributed by atoms with Gasteiger partial charge < -0.3 is 30.1 Å². The van der Waals surface area contributed by atoms with E-state index in [1.54, 1.807) is 11.8 Å². The topological polar surface area (TPSA) is 102 Å². The monoisotopic (exact) mass is 501 g/mol. The van der Waals surface area contributed by atoms with Crippen LogP contribution in [-0.4, -0.2) is 57.5 Å². The van der Waals surface area contributed by atoms with Crippen LogP contribution in [0.2, 0.25) is 0 Å². The molecule has 8 nitrogen and oxygen atoms in total. The zero-order valence-electron chi connectivity index (χ0n) is 20.8. The lowest BCUT2D eigenvalue weighted by atomic mass is 9.96. The predicted octanol–water partition coefficient (Wildman–Crippen LogP) is 3.91. The summed E-state index contributed by atoms with van der Waals surface area (Å²) in [6.45, 7) is 4.05. The van der Waals surface area contributed by atoms with Gasteiger partial charge in [-0.1, -0.05) is 42.5 Å². The summed E-state index contributed by atoms with van der Waals surface area (Å²) in [6.07, 6.45) is 1.55. The first-order valence-corrected chi connectivity index (χ1v) is 12.5. The van der Waals surface area contributed by atoms with Crippen molar-refractivity contribution in [2.24, 2.45) is 0 Å². The number of carbonyl (C=O) groups excluding carboxylic acids is 2. The summed E-state index contributed by atoms with van der Waals surface area (Å²) >= 11 is 0. The van der Waals surface area contributed by atoms with E-state index in [1.165, 1.54) is 11.6 Å². The number of benzene rings is 3. The average molecular weight is 502 g/mol. The first-order chi connectivity index (χ1) is 17.9. The summed E-state index contributed by atoms with van der Waals surface area (Å²) in [5, 5.41) is 24.3. The Kier molecular flexibility index (Phi) is 6.90. The minimum absolute atomic E-state index is 0.0375. The van der Waals surface area contributed by atoms with Crippen molar-refractivity contribution in [1.29, 1.82) is 0 Å². The van der Waals surface area contributed by atoms with Gasteiger partial charge in [-0.15, -0.1) is 0 Å². The van der Waals surface area contributed by atoms with Gasteiger partial charge in [-0.2, -0.15) is 0 Å². The quantitative estimate of drug-likeness (QED) is 0.473. The molecule has 3 aromatic carbocycles. The molecule has 1 atom stereocenters. The highest BCUT2D eigenvalue weighted by Gasteiger charge is 2.30. The molecule has 0 bridgehead atoms. The largest absolute Gasteiger partial charge is 0.508 e. The summed E-state index contributed by atoms with van der Waals surface area (Å²) < 4.78 is 5.90. The molecule has 37 heavy (non-hydrogen) atoms. The van der Waals surface area contributed by atoms with Crippen molar-refractivity contribution in [3.8, 4) is 17.2 Å². The fourth-order valence-electron chi connectivity index (χ4n) is 5.08. The molecule has 3 aromatic rings. The van der Waals surface area contributed by atoms with Crippen LogP contribution in [0.1, 0.15) is 40.4 Å². The van der Waals surface area contributed by atoms with E-state index >= 15 is 0 Å². The number of aromatic hydroxyl groups is 2. The van der Waals surface area contributed by atoms with Crippen molar-refractivity contribution in [2.75, 3.05) is 25.0 Å². The van der Waals surface area contributed by atoms with Crippen molar-refractivity contribution in [2.45, 2.75) is 39.0 Å². The molecule has 2 aliphatic heterocycles. The molecule has 5 rings (SSSR count). The van der Waals surface area contributed by atoms with E-state index in [0.29, 0.717) is 26.1 Å². The Morgan fingerprint density at radius 3 is 2.59 bits per heavy atom. The predicted molar refractivity (Wildman–Crippen MR) is 140 cm³/mol. The molecule has 0 saturated carbocycles. The van der Waals surface area contributed by atoms with Gasteiger partial charge >= 0.3 is 0 Å². The Balaban J connectivity index is 1.36. The van der Waals surface area contributed by atoms with Crippen molar-refractivity contribution >= 4 is 17.5 Å². The third-order valence-corrected chi connectivity index (χ3v) is 7.07. The minimum atomic E-state index is -0.357. The highest BCUT2D eigenvalue weighted by molar-refractivity contribution is 6.00. The van der Waals surface area contributed by atoms with Crippen LogP contribution in [-0.2, 0) is 24.4 Å². The summed E-state index contributed by atoms with van der Waals surface area (Å²) in [5.74, 6) is -0.636. The first-order valence-electron chi connectivity index (χ1n) is 12.5. The molecule has 2 heterocycles. The minimum Gasteiger partial charge on any atom is -0.508 e. The van der Waals surface area contributed by atoms with Gasteiger partial charge in [0.15, 0.2) is 0 Å². The molecule has 1 fully saturated rings. The number of fused-ring (bicyclic) bond motifs is 1. The fourth-order valence-corrected chi connectivity index (χ4v) is 5.08. The first kappa shape index (κ1) is 24.5. The molecule has 0 unspecified atom stereocenters. The molecule has 0 radical (unpaired) electrons. The van der Waals surface area contributed by atoms with Crippen LogP contribution in [0, 0.1) is 0 Å². The number of carbonyl (C=O) groups is 2. The van der Waals surface area contributed by atoms with Crippen LogP contribution in [0.25, 0.3) is 0 Å². The van der Waals surface area contributed by atoms with Gasteiger partial charge in [0.25, 0.3) is 5.91 Å². The standard InChI is InChI=1S/C29H31N3O5/c1-19(33)31-13-11-22(16-31)30-25-9-5-8-21-10-12-32(17-24(21)25)29(36)28-26(35)14-23(34)15-27(28)37-18-20-6-3-2-4-7-20/h2-9,14-15,22,30,34-35H,10-13,16-18H2,1H3/t22-/m1/s1. The van der Waals surface area contributed by atoms with Crippen LogP contribution in [0.15, 0.2) is 60.7 Å². The highest BCUT2D eigenvalue weighted by atomic mass is 16.5. The Morgan fingerprint density at radius 2 is 1.84 bits per heavy atom. The van der Waals surface area contributed by atoms with Gasteiger partial charge in [-0.25, -0.2) is 0 Å². The molecule has 8 heteroatoms. The van der Waals surface area contributed by atoms with Crippen LogP contribution in [0.5, 0.6) is 17.2 Å². The number of likely N-dealkylation sites (tertiary alicyclic amines) is 1. The number of hydrogen-bond donors (Lipinski definition) is 3. The second-order valence-electron chi connectivity index (χ2n) is 9.63. The summed E-state index contributed by atoms with van der Waals surface area (Å²) in [4.78, 5) is 29.0. The van der Waals surface area contributed by atoms with Crippen LogP contribution >= 0.6 is 0 Å². The second kappa shape index (κ2) is 10.4. The van der Waals surface area contributed by atoms with Crippen molar-refractivity contribution < 1.29 is 24.5 Å². The third kappa shape index (κ3) is 5.33. The fraction of sp³-hybridized carbons (Fsp3) is 0.310. The lowest BCUT2D eigenvalue weighted by molar-refractivity contribution is -0.127. The number of ether oxygens (including phenoxy) is 1. The molecule has 192 valence electrons. The lowest BCUT2D eigenvalue weighted by Crippen LogP contribution is -2.37. The maximum Gasteiger partial charge on any atom is 0.261 e. The summed E-state index contributed by atoms with van der Waals surface area (Å²) in [7, 11) is 0. The Labute approximate surface area is 216 Å². The number of nitrogens with zero attached hydrogens (tertiary/aromatic N) is 2. The maximum atomic E-state index is 13.7. The molecular formula is C29H31N3O5. The van der Waals surface area contributed by atoms with E-state index in [1.807, 2.05) is 47.4 Å². The molecule has 0 spiro atoms. The number of anilines is 1. The van der Waals surface area contributed by atoms with E-state index < -0.39 is 0 Å². The van der Waals surface area contributed by atoms with Crippen molar-refractivity contribution in [3.63, 3.8) is 0 Å². The second-order valence-corrected chi connectivity index (χ2v) is 9.63. The van der Waals surface area contributed by atoms with Gasteiger partial charge in [-0.3, -0.25) is 9.59 Å². The van der Waals surface area contributed by atoms with Gasteiger partial charge in [0.2, 0.25) is 5.91 Å². The summed E-state index contributed by atoms with van der Waals surface area (Å²) in [5.41, 5.74) is 4.11. The number of phenols is 2. The van der Waals surface area contributed by atoms with E-state index in [2.05, 4.69) is 11.4 Å². The van der Waals surface area contributed by atoms with Crippen molar-refractivity contribution in [3.05, 3.63) is 82.9 Å². The van der Waals surface area contributed by atoms with Gasteiger partial charge in [0.1, 0.15) is 29.4 Å². The smallest absolute Gasteiger partial charge is 0.261 e. The molecule has 2 amide bonds. The van der Waals surface area contributed by atoms with Gasteiger partial charge in [-0.05, 0) is 35.6 Å². The van der Waals surface area contributed by atoms with Crippen LogP contribution < -0.4 is 10.1 Å². The number of amides is 2. The van der Waals surface area contributed by atoms with E-state index in [9.17, 15) is 19.8 Å². The van der Waals surface area contributed by atoms with E-state index in [4.69, 9.17) is 4.74 Å². The highest BCUT2D eigenvalue weighted by Crippen LogP contribution is 2.36. The SMILES string of the molecule is CC(=O)N1CC[C@@H](Nc2cccc3c2CN(C(=O)c2c(O)cc(O)cc2OCc2ccccc2)CC3)C1. The van der Waals surface area contributed by atoms with E-state index in [-0.39, 0.29) is 47.3 Å². The van der Waals surface area contributed by atoms with Crippen molar-refractivity contribution in [1.82, 2.24) is 9.80 Å². The Morgan fingerprint density at radius 1 is 1.03 bits per heavy atom. The summed E-state index contributed by atoms with van der Waals surface area (Å²) in [6, 6.07) is 18.3. The number of hydrogen-bond acceptors (Lipinski definition) is 6. The number of phenolic OH excluding ortho intramolecular Hbond substituents is 2. The van der Waals surface area contributed by atoms with Crippen LogP contribution in [0.3, 0.4) is 0 Å². The molecule has 0 aromatic heterocycles. The van der Waals surface area contributed by atoms with Crippen LogP contribution in [0.4, 0.5) is 5.69 Å². The van der Waals surface area contributed by atoms with Gasteiger partial charge in [0, 0.05) is 57.0 Å².